The van der Waals surface area contributed by atoms with Crippen LogP contribution in [0.4, 0.5) is 0 Å². The van der Waals surface area contributed by atoms with E-state index < -0.39 is 59.8 Å². The monoisotopic (exact) mass is 736 g/mol. The summed E-state index contributed by atoms with van der Waals surface area (Å²) in [5.41, 5.74) is 12.1. The molecule has 0 radical (unpaired) electrons. The van der Waals surface area contributed by atoms with Crippen LogP contribution >= 0.6 is 0 Å². The molecule has 0 aromatic heterocycles. The summed E-state index contributed by atoms with van der Waals surface area (Å²) in [4.78, 5) is 66.9. The zero-order valence-corrected chi connectivity index (χ0v) is 32.2. The Labute approximate surface area is 315 Å². The molecular formula is C41H64N6O6. The summed E-state index contributed by atoms with van der Waals surface area (Å²) in [5, 5.41) is 23.2. The van der Waals surface area contributed by atoms with Crippen molar-refractivity contribution in [2.45, 2.75) is 135 Å². The van der Waals surface area contributed by atoms with Gasteiger partial charge >= 0.3 is 0 Å². The van der Waals surface area contributed by atoms with Crippen LogP contribution in [0.2, 0.25) is 0 Å². The molecule has 9 N–H and O–H groups in total. The highest BCUT2D eigenvalue weighted by atomic mass is 16.3. The van der Waals surface area contributed by atoms with Crippen LogP contribution < -0.4 is 32.7 Å². The standard InChI is InChI=1S/C41H64N6O6/c1-27(2)18-21-44-37(50)31(22-28(3)4)24-35(48)32(23-29-14-8-5-9-15-29)45-39(52)33(25-36(42)49)46-40(53)34(26-41(43)19-12-7-13-20-41)47-38(51)30-16-10-6-11-17-30/h5,7-9,12-15,19,27-28,30-35,48H,6,10-11,16-18,20-26,43H2,1-4H3,(H2,42,49)(H,44,50)(H,45,52)(H,46,53)(H,47,51)/t31?,32?,33-,34-,35?,41?/m0/s1. The van der Waals surface area contributed by atoms with Gasteiger partial charge in [0.25, 0.3) is 0 Å². The van der Waals surface area contributed by atoms with Crippen molar-refractivity contribution >= 4 is 29.5 Å². The van der Waals surface area contributed by atoms with Crippen molar-refractivity contribution < 1.29 is 29.1 Å². The summed E-state index contributed by atoms with van der Waals surface area (Å²) < 4.78 is 0. The third-order valence-corrected chi connectivity index (χ3v) is 10.2. The molecule has 6 atom stereocenters. The van der Waals surface area contributed by atoms with Gasteiger partial charge in [0.1, 0.15) is 12.1 Å². The molecule has 1 aromatic carbocycles. The molecule has 0 heterocycles. The molecule has 4 unspecified atom stereocenters. The van der Waals surface area contributed by atoms with E-state index in [0.29, 0.717) is 25.3 Å². The van der Waals surface area contributed by atoms with Crippen molar-refractivity contribution in [2.24, 2.45) is 35.1 Å². The second-order valence-electron chi connectivity index (χ2n) is 16.0. The number of hydrogen-bond acceptors (Lipinski definition) is 7. The molecule has 1 saturated carbocycles. The van der Waals surface area contributed by atoms with E-state index in [1.165, 1.54) is 0 Å². The fraction of sp³-hybridized carbons (Fsp3) is 0.634. The number of aliphatic hydroxyl groups excluding tert-OH is 1. The number of nitrogens with one attached hydrogen (secondary N) is 4. The van der Waals surface area contributed by atoms with E-state index >= 15 is 0 Å². The van der Waals surface area contributed by atoms with E-state index in [1.54, 1.807) is 12.2 Å². The molecule has 294 valence electrons. The molecule has 0 saturated heterocycles. The summed E-state index contributed by atoms with van der Waals surface area (Å²) in [7, 11) is 0. The van der Waals surface area contributed by atoms with Gasteiger partial charge in [0, 0.05) is 23.9 Å². The van der Waals surface area contributed by atoms with E-state index in [-0.39, 0.29) is 42.9 Å². The van der Waals surface area contributed by atoms with Crippen molar-refractivity contribution in [3.8, 4) is 0 Å². The Morgan fingerprint density at radius 1 is 0.849 bits per heavy atom. The zero-order valence-electron chi connectivity index (χ0n) is 32.2. The minimum atomic E-state index is -1.40. The first-order valence-corrected chi connectivity index (χ1v) is 19.5. The lowest BCUT2D eigenvalue weighted by Crippen LogP contribution is -2.59. The van der Waals surface area contributed by atoms with Gasteiger partial charge in [0.2, 0.25) is 29.5 Å². The number of amides is 5. The predicted octanol–water partition coefficient (Wildman–Crippen LogP) is 3.32. The van der Waals surface area contributed by atoms with Gasteiger partial charge in [-0.15, -0.1) is 0 Å². The lowest BCUT2D eigenvalue weighted by Gasteiger charge is -2.33. The Morgan fingerprint density at radius 2 is 1.53 bits per heavy atom. The Kier molecular flexibility index (Phi) is 17.7. The Balaban J connectivity index is 1.84. The van der Waals surface area contributed by atoms with Gasteiger partial charge in [0.05, 0.1) is 18.6 Å². The summed E-state index contributed by atoms with van der Waals surface area (Å²) in [6, 6.07) is 5.94. The number of hydrogen-bond donors (Lipinski definition) is 7. The molecule has 2 aliphatic rings. The molecule has 1 fully saturated rings. The maximum absolute atomic E-state index is 14.0. The van der Waals surface area contributed by atoms with Gasteiger partial charge in [-0.2, -0.15) is 0 Å². The highest BCUT2D eigenvalue weighted by molar-refractivity contribution is 5.95. The molecule has 0 bridgehead atoms. The van der Waals surface area contributed by atoms with Crippen molar-refractivity contribution in [3.63, 3.8) is 0 Å². The lowest BCUT2D eigenvalue weighted by atomic mass is 9.84. The van der Waals surface area contributed by atoms with Crippen LogP contribution in [-0.4, -0.2) is 71.0 Å². The van der Waals surface area contributed by atoms with Gasteiger partial charge in [-0.1, -0.05) is 102 Å². The average Bonchev–Trinajstić information content (AvgIpc) is 3.10. The van der Waals surface area contributed by atoms with Crippen LogP contribution in [0.15, 0.2) is 54.6 Å². The summed E-state index contributed by atoms with van der Waals surface area (Å²) >= 11 is 0. The maximum Gasteiger partial charge on any atom is 0.243 e. The Bertz CT molecular complexity index is 1410. The Hall–Kier alpha value is -4.03. The molecule has 12 nitrogen and oxygen atoms in total. The number of carbonyl (C=O) groups is 5. The molecule has 2 aliphatic carbocycles. The largest absolute Gasteiger partial charge is 0.391 e. The Morgan fingerprint density at radius 3 is 2.13 bits per heavy atom. The van der Waals surface area contributed by atoms with Crippen LogP contribution in [0.1, 0.15) is 104 Å². The number of aliphatic hydroxyl groups is 1. The number of primary amides is 1. The summed E-state index contributed by atoms with van der Waals surface area (Å²) in [6.45, 7) is 8.72. The molecular weight excluding hydrogens is 672 g/mol. The quantitative estimate of drug-likeness (QED) is 0.100. The minimum Gasteiger partial charge on any atom is -0.391 e. The second kappa shape index (κ2) is 21.6. The van der Waals surface area contributed by atoms with Gasteiger partial charge < -0.3 is 37.8 Å². The third-order valence-electron chi connectivity index (χ3n) is 10.2. The first-order chi connectivity index (χ1) is 25.2. The molecule has 5 amide bonds. The van der Waals surface area contributed by atoms with Crippen LogP contribution in [0.3, 0.4) is 0 Å². The lowest BCUT2D eigenvalue weighted by molar-refractivity contribution is -0.135. The summed E-state index contributed by atoms with van der Waals surface area (Å²) in [6.07, 6.45) is 12.3. The average molecular weight is 737 g/mol. The highest BCUT2D eigenvalue weighted by Gasteiger charge is 2.36. The molecule has 53 heavy (non-hydrogen) atoms. The molecule has 1 aromatic rings. The van der Waals surface area contributed by atoms with E-state index in [0.717, 1.165) is 44.1 Å². The van der Waals surface area contributed by atoms with Crippen LogP contribution in [-0.2, 0) is 30.4 Å². The topological polar surface area (TPSA) is 206 Å². The third kappa shape index (κ3) is 15.5. The van der Waals surface area contributed by atoms with E-state index in [9.17, 15) is 29.1 Å². The van der Waals surface area contributed by atoms with Gasteiger partial charge in [0.15, 0.2) is 0 Å². The van der Waals surface area contributed by atoms with Crippen LogP contribution in [0.5, 0.6) is 0 Å². The highest BCUT2D eigenvalue weighted by Crippen LogP contribution is 2.26. The second-order valence-corrected chi connectivity index (χ2v) is 16.0. The normalized spacial score (nSPS) is 20.2. The SMILES string of the molecule is CC(C)CCNC(=O)C(CC(C)C)CC(O)C(Cc1ccccc1)NC(=O)[C@H](CC(N)=O)NC(=O)[C@H](CC1(N)C=CC=CC1)NC(=O)C1CCCCC1. The minimum absolute atomic E-state index is 0.0643. The molecule has 3 rings (SSSR count). The van der Waals surface area contributed by atoms with E-state index in [1.807, 2.05) is 56.3 Å². The van der Waals surface area contributed by atoms with Crippen molar-refractivity contribution in [1.82, 2.24) is 21.3 Å². The first-order valence-electron chi connectivity index (χ1n) is 19.5. The van der Waals surface area contributed by atoms with Gasteiger partial charge in [-0.25, -0.2) is 0 Å². The predicted molar refractivity (Wildman–Crippen MR) is 207 cm³/mol. The zero-order chi connectivity index (χ0) is 39.0. The fourth-order valence-corrected chi connectivity index (χ4v) is 7.16. The summed E-state index contributed by atoms with van der Waals surface area (Å²) in [5.74, 6) is -2.73. The first kappa shape index (κ1) is 43.4. The molecule has 0 spiro atoms. The number of carbonyl (C=O) groups excluding carboxylic acids is 5. The number of allylic oxidation sites excluding steroid dienone is 2. The number of benzene rings is 1. The van der Waals surface area contributed by atoms with E-state index in [2.05, 4.69) is 35.1 Å². The number of rotatable bonds is 21. The maximum atomic E-state index is 14.0. The number of nitrogens with two attached hydrogens (primary N) is 2. The van der Waals surface area contributed by atoms with E-state index in [4.69, 9.17) is 11.5 Å². The molecule has 0 aliphatic heterocycles. The van der Waals surface area contributed by atoms with Gasteiger partial charge in [-0.3, -0.25) is 24.0 Å². The van der Waals surface area contributed by atoms with Crippen molar-refractivity contribution in [1.29, 1.82) is 0 Å². The molecule has 12 heteroatoms. The van der Waals surface area contributed by atoms with Crippen LogP contribution in [0.25, 0.3) is 0 Å². The van der Waals surface area contributed by atoms with Crippen LogP contribution in [0, 0.1) is 23.7 Å². The smallest absolute Gasteiger partial charge is 0.243 e. The van der Waals surface area contributed by atoms with Crippen molar-refractivity contribution in [3.05, 3.63) is 60.2 Å². The van der Waals surface area contributed by atoms with Gasteiger partial charge in [-0.05, 0) is 68.8 Å². The van der Waals surface area contributed by atoms with Crippen molar-refractivity contribution in [2.75, 3.05) is 6.54 Å². The fourth-order valence-electron chi connectivity index (χ4n) is 7.16.